The van der Waals surface area contributed by atoms with E-state index in [9.17, 15) is 0 Å². The molecule has 0 aliphatic heterocycles. The molecule has 1 aliphatic rings. The molecule has 0 heterocycles. The first-order valence-electron chi connectivity index (χ1n) is 5.04. The predicted octanol–water partition coefficient (Wildman–Crippen LogP) is 2.62. The van der Waals surface area contributed by atoms with Gasteiger partial charge in [-0.05, 0) is 23.5 Å². The summed E-state index contributed by atoms with van der Waals surface area (Å²) in [5.74, 6) is 1.26. The van der Waals surface area contributed by atoms with Crippen LogP contribution in [0.1, 0.15) is 43.2 Å². The van der Waals surface area contributed by atoms with Crippen molar-refractivity contribution in [2.45, 2.75) is 38.1 Å². The maximum Gasteiger partial charge on any atom is 0.0115 e. The fraction of sp³-hybridized carbons (Fsp3) is 0.500. The van der Waals surface area contributed by atoms with Gasteiger partial charge in [0.25, 0.3) is 0 Å². The molecule has 1 aromatic rings. The quantitative estimate of drug-likeness (QED) is 0.734. The van der Waals surface area contributed by atoms with E-state index in [1.54, 1.807) is 0 Å². The van der Waals surface area contributed by atoms with Gasteiger partial charge in [-0.25, -0.2) is 0 Å². The van der Waals surface area contributed by atoms with Crippen LogP contribution >= 0.6 is 0 Å². The molecule has 2 rings (SSSR count). The van der Waals surface area contributed by atoms with Crippen molar-refractivity contribution in [1.29, 1.82) is 0 Å². The summed E-state index contributed by atoms with van der Waals surface area (Å²) in [5.41, 5.74) is 8.68. The van der Waals surface area contributed by atoms with Gasteiger partial charge in [0.15, 0.2) is 0 Å². The van der Waals surface area contributed by atoms with E-state index in [2.05, 4.69) is 38.1 Å². The SMILES string of the molecule is CC(C)c1cccc(C2CC2N)c1. The van der Waals surface area contributed by atoms with Crippen molar-refractivity contribution >= 4 is 0 Å². The highest BCUT2D eigenvalue weighted by Gasteiger charge is 2.34. The van der Waals surface area contributed by atoms with Gasteiger partial charge in [-0.15, -0.1) is 0 Å². The molecule has 0 radical (unpaired) electrons. The Morgan fingerprint density at radius 2 is 2.08 bits per heavy atom. The molecule has 0 aromatic heterocycles. The van der Waals surface area contributed by atoms with E-state index in [4.69, 9.17) is 5.73 Å². The van der Waals surface area contributed by atoms with Crippen molar-refractivity contribution in [2.75, 3.05) is 0 Å². The highest BCUT2D eigenvalue weighted by molar-refractivity contribution is 5.32. The smallest absolute Gasteiger partial charge is 0.0115 e. The fourth-order valence-electron chi connectivity index (χ4n) is 1.75. The Bertz CT molecular complexity index is 304. The minimum absolute atomic E-state index is 0.419. The maximum absolute atomic E-state index is 5.82. The lowest BCUT2D eigenvalue weighted by Gasteiger charge is -2.07. The highest BCUT2D eigenvalue weighted by atomic mass is 14.7. The second-order valence-corrected chi connectivity index (χ2v) is 4.33. The van der Waals surface area contributed by atoms with Crippen LogP contribution in [0.25, 0.3) is 0 Å². The third kappa shape index (κ3) is 1.75. The molecule has 1 saturated carbocycles. The molecular weight excluding hydrogens is 158 g/mol. The molecule has 0 saturated heterocycles. The van der Waals surface area contributed by atoms with Crippen molar-refractivity contribution in [3.8, 4) is 0 Å². The second kappa shape index (κ2) is 3.15. The number of nitrogens with two attached hydrogens (primary N) is 1. The Morgan fingerprint density at radius 1 is 1.38 bits per heavy atom. The maximum atomic E-state index is 5.82. The van der Waals surface area contributed by atoms with Crippen LogP contribution in [0.3, 0.4) is 0 Å². The Hall–Kier alpha value is -0.820. The van der Waals surface area contributed by atoms with Crippen molar-refractivity contribution < 1.29 is 0 Å². The zero-order valence-corrected chi connectivity index (χ0v) is 8.33. The fourth-order valence-corrected chi connectivity index (χ4v) is 1.75. The van der Waals surface area contributed by atoms with Gasteiger partial charge >= 0.3 is 0 Å². The molecule has 1 heteroatoms. The monoisotopic (exact) mass is 175 g/mol. The number of hydrogen-bond donors (Lipinski definition) is 1. The first kappa shape index (κ1) is 8.76. The zero-order chi connectivity index (χ0) is 9.42. The molecule has 13 heavy (non-hydrogen) atoms. The Morgan fingerprint density at radius 3 is 2.62 bits per heavy atom. The molecule has 2 unspecified atom stereocenters. The molecule has 2 atom stereocenters. The van der Waals surface area contributed by atoms with Gasteiger partial charge in [-0.3, -0.25) is 0 Å². The van der Waals surface area contributed by atoms with E-state index in [0.29, 0.717) is 17.9 Å². The molecule has 1 aliphatic carbocycles. The summed E-state index contributed by atoms with van der Waals surface area (Å²) >= 11 is 0. The Kier molecular flexibility index (Phi) is 2.12. The number of rotatable bonds is 2. The van der Waals surface area contributed by atoms with Crippen LogP contribution in [0.15, 0.2) is 24.3 Å². The first-order valence-corrected chi connectivity index (χ1v) is 5.04. The van der Waals surface area contributed by atoms with E-state index in [-0.39, 0.29) is 0 Å². The molecule has 2 N–H and O–H groups in total. The van der Waals surface area contributed by atoms with Gasteiger partial charge in [0, 0.05) is 12.0 Å². The average molecular weight is 175 g/mol. The summed E-state index contributed by atoms with van der Waals surface area (Å²) in [5, 5.41) is 0. The van der Waals surface area contributed by atoms with Crippen LogP contribution in [0.2, 0.25) is 0 Å². The van der Waals surface area contributed by atoms with E-state index in [0.717, 1.165) is 0 Å². The average Bonchev–Trinajstić information content (AvgIpc) is 2.83. The van der Waals surface area contributed by atoms with Crippen molar-refractivity contribution in [1.82, 2.24) is 0 Å². The predicted molar refractivity (Wildman–Crippen MR) is 55.9 cm³/mol. The van der Waals surface area contributed by atoms with Gasteiger partial charge in [0.1, 0.15) is 0 Å². The molecule has 70 valence electrons. The van der Waals surface area contributed by atoms with Gasteiger partial charge in [0.05, 0.1) is 0 Å². The topological polar surface area (TPSA) is 26.0 Å². The van der Waals surface area contributed by atoms with Crippen LogP contribution in [-0.2, 0) is 0 Å². The van der Waals surface area contributed by atoms with Gasteiger partial charge < -0.3 is 5.73 Å². The Balaban J connectivity index is 2.23. The van der Waals surface area contributed by atoms with Crippen LogP contribution in [-0.4, -0.2) is 6.04 Å². The third-order valence-electron chi connectivity index (χ3n) is 2.85. The summed E-state index contributed by atoms with van der Waals surface area (Å²) in [4.78, 5) is 0. The number of hydrogen-bond acceptors (Lipinski definition) is 1. The Labute approximate surface area is 80.0 Å². The molecule has 1 nitrogen and oxygen atoms in total. The standard InChI is InChI=1S/C12H17N/c1-8(2)9-4-3-5-10(6-9)11-7-12(11)13/h3-6,8,11-12H,7,13H2,1-2H3. The normalized spacial score (nSPS) is 26.5. The first-order chi connectivity index (χ1) is 6.18. The molecule has 1 fully saturated rings. The lowest BCUT2D eigenvalue weighted by molar-refractivity contribution is 0.860. The van der Waals surface area contributed by atoms with Crippen molar-refractivity contribution in [3.05, 3.63) is 35.4 Å². The van der Waals surface area contributed by atoms with Crippen LogP contribution in [0.4, 0.5) is 0 Å². The summed E-state index contributed by atoms with van der Waals surface area (Å²) in [6, 6.07) is 9.27. The highest BCUT2D eigenvalue weighted by Crippen LogP contribution is 2.39. The summed E-state index contributed by atoms with van der Waals surface area (Å²) < 4.78 is 0. The second-order valence-electron chi connectivity index (χ2n) is 4.33. The van der Waals surface area contributed by atoms with E-state index in [1.807, 2.05) is 0 Å². The van der Waals surface area contributed by atoms with Crippen LogP contribution in [0.5, 0.6) is 0 Å². The minimum Gasteiger partial charge on any atom is -0.327 e. The molecular formula is C12H17N. The van der Waals surface area contributed by atoms with E-state index in [1.165, 1.54) is 17.5 Å². The van der Waals surface area contributed by atoms with Gasteiger partial charge in [-0.1, -0.05) is 38.1 Å². The summed E-state index contributed by atoms with van der Waals surface area (Å²) in [7, 11) is 0. The molecule has 1 aromatic carbocycles. The zero-order valence-electron chi connectivity index (χ0n) is 8.33. The largest absolute Gasteiger partial charge is 0.327 e. The molecule has 0 bridgehead atoms. The lowest BCUT2D eigenvalue weighted by Crippen LogP contribution is -2.01. The summed E-state index contributed by atoms with van der Waals surface area (Å²) in [6.07, 6.45) is 1.17. The van der Waals surface area contributed by atoms with Crippen molar-refractivity contribution in [2.24, 2.45) is 5.73 Å². The molecule has 0 amide bonds. The third-order valence-corrected chi connectivity index (χ3v) is 2.85. The molecule has 0 spiro atoms. The van der Waals surface area contributed by atoms with Gasteiger partial charge in [-0.2, -0.15) is 0 Å². The van der Waals surface area contributed by atoms with E-state index >= 15 is 0 Å². The number of benzene rings is 1. The van der Waals surface area contributed by atoms with Crippen LogP contribution in [0, 0.1) is 0 Å². The van der Waals surface area contributed by atoms with E-state index < -0.39 is 0 Å². The van der Waals surface area contributed by atoms with Crippen molar-refractivity contribution in [3.63, 3.8) is 0 Å². The lowest BCUT2D eigenvalue weighted by atomic mass is 9.99. The summed E-state index contributed by atoms with van der Waals surface area (Å²) in [6.45, 7) is 4.46. The minimum atomic E-state index is 0.419. The van der Waals surface area contributed by atoms with Gasteiger partial charge in [0.2, 0.25) is 0 Å². The van der Waals surface area contributed by atoms with Crippen LogP contribution < -0.4 is 5.73 Å².